The molecule has 5 nitrogen and oxygen atoms in total. The number of aromatic nitrogens is 2. The summed E-state index contributed by atoms with van der Waals surface area (Å²) >= 11 is 6.29. The predicted molar refractivity (Wildman–Crippen MR) is 94.7 cm³/mol. The van der Waals surface area contributed by atoms with E-state index in [9.17, 15) is 13.6 Å². The molecule has 1 aliphatic rings. The Morgan fingerprint density at radius 3 is 2.81 bits per heavy atom. The van der Waals surface area contributed by atoms with E-state index in [-0.39, 0.29) is 29.5 Å². The highest BCUT2D eigenvalue weighted by Crippen LogP contribution is 2.43. The van der Waals surface area contributed by atoms with Crippen LogP contribution in [0.5, 0.6) is 5.75 Å². The van der Waals surface area contributed by atoms with Crippen LogP contribution in [0.25, 0.3) is 22.4 Å². The third-order valence-electron chi connectivity index (χ3n) is 4.26. The monoisotopic (exact) mass is 390 g/mol. The highest BCUT2D eigenvalue weighted by Gasteiger charge is 2.28. The number of rotatable bonds is 3. The van der Waals surface area contributed by atoms with Gasteiger partial charge in [0.25, 0.3) is 0 Å². The summed E-state index contributed by atoms with van der Waals surface area (Å²) in [6.45, 7) is 2.05. The van der Waals surface area contributed by atoms with Crippen LogP contribution in [0, 0.1) is 11.6 Å². The summed E-state index contributed by atoms with van der Waals surface area (Å²) in [5.74, 6) is -1.48. The van der Waals surface area contributed by atoms with Gasteiger partial charge in [0.2, 0.25) is 0 Å². The van der Waals surface area contributed by atoms with E-state index in [1.165, 1.54) is 6.07 Å². The lowest BCUT2D eigenvalue weighted by Gasteiger charge is -2.19. The number of benzene rings is 2. The number of H-pyrrole nitrogens is 1. The molecule has 0 atom stereocenters. The van der Waals surface area contributed by atoms with Crippen molar-refractivity contribution in [1.82, 2.24) is 10.2 Å². The molecule has 8 heteroatoms. The van der Waals surface area contributed by atoms with Gasteiger partial charge in [-0.3, -0.25) is 5.10 Å². The van der Waals surface area contributed by atoms with Crippen molar-refractivity contribution in [3.63, 3.8) is 0 Å². The number of aromatic amines is 1. The molecule has 138 valence electrons. The molecular formula is C19H13ClF2N2O3. The maximum atomic E-state index is 14.2. The highest BCUT2D eigenvalue weighted by atomic mass is 35.5. The molecule has 3 aromatic rings. The summed E-state index contributed by atoms with van der Waals surface area (Å²) < 4.78 is 38.2. The van der Waals surface area contributed by atoms with Crippen molar-refractivity contribution in [1.29, 1.82) is 0 Å². The zero-order chi connectivity index (χ0) is 19.1. The van der Waals surface area contributed by atoms with Gasteiger partial charge in [0.15, 0.2) is 5.69 Å². The number of esters is 1. The minimum absolute atomic E-state index is 0.119. The van der Waals surface area contributed by atoms with Gasteiger partial charge < -0.3 is 9.47 Å². The van der Waals surface area contributed by atoms with Gasteiger partial charge in [0.05, 0.1) is 17.2 Å². The van der Waals surface area contributed by atoms with Gasteiger partial charge in [-0.25, -0.2) is 13.6 Å². The van der Waals surface area contributed by atoms with Gasteiger partial charge in [-0.05, 0) is 25.1 Å². The normalized spacial score (nSPS) is 12.1. The molecular weight excluding hydrogens is 378 g/mol. The van der Waals surface area contributed by atoms with Crippen LogP contribution >= 0.6 is 11.6 Å². The van der Waals surface area contributed by atoms with Crippen LogP contribution in [-0.4, -0.2) is 22.8 Å². The van der Waals surface area contributed by atoms with E-state index in [1.54, 1.807) is 19.1 Å². The molecule has 4 rings (SSSR count). The Morgan fingerprint density at radius 2 is 2.07 bits per heavy atom. The van der Waals surface area contributed by atoms with Gasteiger partial charge >= 0.3 is 5.97 Å². The van der Waals surface area contributed by atoms with Crippen molar-refractivity contribution in [2.45, 2.75) is 13.5 Å². The molecule has 0 amide bonds. The third kappa shape index (κ3) is 2.94. The maximum Gasteiger partial charge on any atom is 0.356 e. The molecule has 0 fully saturated rings. The van der Waals surface area contributed by atoms with Crippen LogP contribution in [0.4, 0.5) is 8.78 Å². The minimum Gasteiger partial charge on any atom is -0.488 e. The molecule has 1 N–H and O–H groups in total. The molecule has 0 unspecified atom stereocenters. The average molecular weight is 391 g/mol. The summed E-state index contributed by atoms with van der Waals surface area (Å²) in [5.41, 5.74) is 2.32. The van der Waals surface area contributed by atoms with Gasteiger partial charge in [-0.2, -0.15) is 5.10 Å². The quantitative estimate of drug-likeness (QED) is 0.656. The van der Waals surface area contributed by atoms with Crippen molar-refractivity contribution in [3.8, 4) is 28.1 Å². The molecule has 2 aromatic carbocycles. The van der Waals surface area contributed by atoms with Crippen molar-refractivity contribution < 1.29 is 23.0 Å². The van der Waals surface area contributed by atoms with E-state index in [0.717, 1.165) is 12.1 Å². The molecule has 0 spiro atoms. The number of ether oxygens (including phenoxy) is 2. The van der Waals surface area contributed by atoms with Gasteiger partial charge in [-0.1, -0.05) is 11.6 Å². The van der Waals surface area contributed by atoms with E-state index >= 15 is 0 Å². The Kier molecular flexibility index (Phi) is 4.31. The van der Waals surface area contributed by atoms with Crippen molar-refractivity contribution in [2.24, 2.45) is 0 Å². The molecule has 0 saturated heterocycles. The van der Waals surface area contributed by atoms with E-state index in [1.807, 2.05) is 0 Å². The van der Waals surface area contributed by atoms with E-state index < -0.39 is 17.6 Å². The Labute approximate surface area is 157 Å². The minimum atomic E-state index is -0.733. The zero-order valence-corrected chi connectivity index (χ0v) is 14.9. The maximum absolute atomic E-state index is 14.2. The smallest absolute Gasteiger partial charge is 0.356 e. The number of carbonyl (C=O) groups excluding carboxylic acids is 1. The number of halogens is 3. The van der Waals surface area contributed by atoms with Crippen LogP contribution in [0.15, 0.2) is 30.3 Å². The fourth-order valence-electron chi connectivity index (χ4n) is 3.02. The van der Waals surface area contributed by atoms with E-state index in [0.29, 0.717) is 28.1 Å². The number of carbonyl (C=O) groups is 1. The van der Waals surface area contributed by atoms with Crippen molar-refractivity contribution >= 4 is 17.6 Å². The second-order valence-corrected chi connectivity index (χ2v) is 6.29. The highest BCUT2D eigenvalue weighted by molar-refractivity contribution is 6.33. The SMILES string of the molecule is CCOC(=O)c1[nH]nc2c1COc1cc(Cl)c(-c3ccc(F)cc3F)cc1-2. The molecule has 1 aromatic heterocycles. The summed E-state index contributed by atoms with van der Waals surface area (Å²) in [4.78, 5) is 12.1. The number of nitrogens with zero attached hydrogens (tertiary/aromatic N) is 1. The second-order valence-electron chi connectivity index (χ2n) is 5.89. The largest absolute Gasteiger partial charge is 0.488 e. The lowest BCUT2D eigenvalue weighted by atomic mass is 9.97. The van der Waals surface area contributed by atoms with Gasteiger partial charge in [0, 0.05) is 28.8 Å². The van der Waals surface area contributed by atoms with Gasteiger partial charge in [-0.15, -0.1) is 0 Å². The molecule has 1 aliphatic heterocycles. The molecule has 0 radical (unpaired) electrons. The topological polar surface area (TPSA) is 64.2 Å². The Morgan fingerprint density at radius 1 is 1.26 bits per heavy atom. The average Bonchev–Trinajstić information content (AvgIpc) is 3.06. The predicted octanol–water partition coefficient (Wildman–Crippen LogP) is 4.74. The number of hydrogen-bond acceptors (Lipinski definition) is 4. The van der Waals surface area contributed by atoms with E-state index in [2.05, 4.69) is 10.2 Å². The number of fused-ring (bicyclic) bond motifs is 3. The summed E-state index contributed by atoms with van der Waals surface area (Å²) in [7, 11) is 0. The fourth-order valence-corrected chi connectivity index (χ4v) is 3.28. The molecule has 0 aliphatic carbocycles. The van der Waals surface area contributed by atoms with Crippen LogP contribution in [0.3, 0.4) is 0 Å². The van der Waals surface area contributed by atoms with Gasteiger partial charge in [0.1, 0.15) is 29.7 Å². The summed E-state index contributed by atoms with van der Waals surface area (Å²) in [6, 6.07) is 6.43. The van der Waals surface area contributed by atoms with Crippen LogP contribution in [0.2, 0.25) is 5.02 Å². The first-order valence-corrected chi connectivity index (χ1v) is 8.54. The Bertz CT molecular complexity index is 1070. The van der Waals surface area contributed by atoms with Crippen molar-refractivity contribution in [2.75, 3.05) is 6.61 Å². The van der Waals surface area contributed by atoms with Crippen LogP contribution < -0.4 is 4.74 Å². The fraction of sp³-hybridized carbons (Fsp3) is 0.158. The first-order valence-electron chi connectivity index (χ1n) is 8.16. The molecule has 0 bridgehead atoms. The molecule has 27 heavy (non-hydrogen) atoms. The lowest BCUT2D eigenvalue weighted by molar-refractivity contribution is 0.0516. The van der Waals surface area contributed by atoms with Crippen molar-refractivity contribution in [3.05, 3.63) is 58.2 Å². The first kappa shape index (κ1) is 17.5. The summed E-state index contributed by atoms with van der Waals surface area (Å²) in [6.07, 6.45) is 0. The molecule has 2 heterocycles. The second kappa shape index (κ2) is 6.66. The molecule has 0 saturated carbocycles. The number of nitrogens with one attached hydrogen (secondary N) is 1. The Balaban J connectivity index is 1.85. The lowest BCUT2D eigenvalue weighted by Crippen LogP contribution is -2.12. The zero-order valence-electron chi connectivity index (χ0n) is 14.1. The summed E-state index contributed by atoms with van der Waals surface area (Å²) in [5, 5.41) is 7.13. The van der Waals surface area contributed by atoms with E-state index in [4.69, 9.17) is 21.1 Å². The van der Waals surface area contributed by atoms with Crippen LogP contribution in [0.1, 0.15) is 23.0 Å². The van der Waals surface area contributed by atoms with Crippen LogP contribution in [-0.2, 0) is 11.3 Å². The third-order valence-corrected chi connectivity index (χ3v) is 4.58. The Hall–Kier alpha value is -2.93. The number of hydrogen-bond donors (Lipinski definition) is 1. The standard InChI is InChI=1S/C19H13ClF2N2O3/c1-2-26-19(25)18-13-8-27-16-7-14(20)11(6-12(16)17(13)23-24-18)10-4-3-9(21)5-15(10)22/h3-7H,2,8H2,1H3,(H,23,24). The first-order chi connectivity index (χ1) is 13.0.